The van der Waals surface area contributed by atoms with E-state index in [-0.39, 0.29) is 0 Å². The van der Waals surface area contributed by atoms with Crippen molar-refractivity contribution in [2.45, 2.75) is 89.9 Å². The average molecular weight is 419 g/mol. The monoisotopic (exact) mass is 418 g/mol. The van der Waals surface area contributed by atoms with Gasteiger partial charge >= 0.3 is 0 Å². The maximum Gasteiger partial charge on any atom is 0.0494 e. The number of rotatable bonds is 8. The highest BCUT2D eigenvalue weighted by molar-refractivity contribution is 5.64. The lowest BCUT2D eigenvalue weighted by molar-refractivity contribution is 0.0920. The first-order chi connectivity index (χ1) is 15.3. The lowest BCUT2D eigenvalue weighted by Crippen LogP contribution is -2.17. The molecule has 0 unspecified atom stereocenters. The fraction of sp³-hybridized carbons (Fsp3) is 0.600. The average Bonchev–Trinajstić information content (AvgIpc) is 2.84. The molecule has 0 aromatic heterocycles. The van der Waals surface area contributed by atoms with Crippen molar-refractivity contribution in [2.75, 3.05) is 13.2 Å². The van der Waals surface area contributed by atoms with E-state index in [0.717, 1.165) is 36.9 Å². The lowest BCUT2D eigenvalue weighted by atomic mass is 9.77. The molecule has 2 saturated carbocycles. The minimum absolute atomic E-state index is 0.733. The van der Waals surface area contributed by atoms with Crippen LogP contribution in [0.25, 0.3) is 11.1 Å². The standard InChI is InChI=1S/C30H42O/c1-3-5-23-6-10-25(11-7-23)27-14-18-29(19-15-27)30-20-16-28(17-21-30)26-12-8-24(9-13-26)22-31-4-2/h14-21,23-26H,3-13,22H2,1-2H3/t23-,24-,25-,26-. The second kappa shape index (κ2) is 11.3. The molecule has 0 atom stereocenters. The molecule has 0 amide bonds. The first kappa shape index (κ1) is 22.6. The highest BCUT2D eigenvalue weighted by atomic mass is 16.5. The molecule has 2 aromatic rings. The Balaban J connectivity index is 1.31. The van der Waals surface area contributed by atoms with Gasteiger partial charge in [0.1, 0.15) is 0 Å². The van der Waals surface area contributed by atoms with Crippen molar-refractivity contribution in [3.05, 3.63) is 59.7 Å². The van der Waals surface area contributed by atoms with Crippen LogP contribution < -0.4 is 0 Å². The summed E-state index contributed by atoms with van der Waals surface area (Å²) in [5.74, 6) is 3.27. The van der Waals surface area contributed by atoms with E-state index in [1.807, 2.05) is 0 Å². The van der Waals surface area contributed by atoms with E-state index in [1.165, 1.54) is 80.9 Å². The van der Waals surface area contributed by atoms with Crippen LogP contribution >= 0.6 is 0 Å². The molecule has 0 saturated heterocycles. The zero-order valence-electron chi connectivity index (χ0n) is 19.8. The predicted molar refractivity (Wildman–Crippen MR) is 133 cm³/mol. The molecule has 0 radical (unpaired) electrons. The molecule has 2 fully saturated rings. The van der Waals surface area contributed by atoms with Crippen molar-refractivity contribution in [2.24, 2.45) is 11.8 Å². The summed E-state index contributed by atoms with van der Waals surface area (Å²) in [6, 6.07) is 18.9. The molecule has 2 aliphatic carbocycles. The minimum atomic E-state index is 0.733. The molecule has 168 valence electrons. The highest BCUT2D eigenvalue weighted by Gasteiger charge is 2.23. The second-order valence-electron chi connectivity index (χ2n) is 10.1. The summed E-state index contributed by atoms with van der Waals surface area (Å²) in [7, 11) is 0. The van der Waals surface area contributed by atoms with Crippen LogP contribution in [-0.2, 0) is 4.74 Å². The van der Waals surface area contributed by atoms with Crippen LogP contribution in [0.5, 0.6) is 0 Å². The van der Waals surface area contributed by atoms with Crippen LogP contribution in [0.4, 0.5) is 0 Å². The van der Waals surface area contributed by atoms with Crippen molar-refractivity contribution in [3.63, 3.8) is 0 Å². The van der Waals surface area contributed by atoms with Crippen molar-refractivity contribution in [3.8, 4) is 11.1 Å². The molecule has 2 aliphatic rings. The SMILES string of the molecule is CCC[C@H]1CC[C@H](c2ccc(-c3ccc([C@H]4CC[C@H](COCC)CC4)cc3)cc2)CC1. The molecule has 1 heteroatoms. The Labute approximate surface area is 190 Å². The largest absolute Gasteiger partial charge is 0.381 e. The van der Waals surface area contributed by atoms with Crippen LogP contribution in [0, 0.1) is 11.8 Å². The molecule has 2 aromatic carbocycles. The van der Waals surface area contributed by atoms with Crippen molar-refractivity contribution >= 4 is 0 Å². The Bertz CT molecular complexity index is 759. The van der Waals surface area contributed by atoms with E-state index in [2.05, 4.69) is 62.4 Å². The molecule has 1 nitrogen and oxygen atoms in total. The Morgan fingerprint density at radius 3 is 1.48 bits per heavy atom. The number of ether oxygens (including phenoxy) is 1. The fourth-order valence-electron chi connectivity index (χ4n) is 6.04. The zero-order chi connectivity index (χ0) is 21.5. The van der Waals surface area contributed by atoms with Gasteiger partial charge in [0.05, 0.1) is 0 Å². The van der Waals surface area contributed by atoms with Gasteiger partial charge in [-0.25, -0.2) is 0 Å². The molecule has 0 aliphatic heterocycles. The van der Waals surface area contributed by atoms with Crippen LogP contribution in [0.15, 0.2) is 48.5 Å². The maximum absolute atomic E-state index is 5.64. The maximum atomic E-state index is 5.64. The van der Waals surface area contributed by atoms with E-state index < -0.39 is 0 Å². The van der Waals surface area contributed by atoms with E-state index in [4.69, 9.17) is 4.74 Å². The lowest BCUT2D eigenvalue weighted by Gasteiger charge is -2.29. The molecule has 0 bridgehead atoms. The van der Waals surface area contributed by atoms with Crippen molar-refractivity contribution < 1.29 is 4.74 Å². The summed E-state index contributed by atoms with van der Waals surface area (Å²) >= 11 is 0. The normalized spacial score (nSPS) is 26.6. The smallest absolute Gasteiger partial charge is 0.0494 e. The molecule has 4 rings (SSSR count). The summed E-state index contributed by atoms with van der Waals surface area (Å²) < 4.78 is 5.64. The van der Waals surface area contributed by atoms with Gasteiger partial charge in [-0.15, -0.1) is 0 Å². The summed E-state index contributed by atoms with van der Waals surface area (Å²) in [6.45, 7) is 6.23. The Morgan fingerprint density at radius 2 is 1.06 bits per heavy atom. The second-order valence-corrected chi connectivity index (χ2v) is 10.1. The predicted octanol–water partition coefficient (Wildman–Crippen LogP) is 8.74. The van der Waals surface area contributed by atoms with Gasteiger partial charge in [0.25, 0.3) is 0 Å². The van der Waals surface area contributed by atoms with Crippen molar-refractivity contribution in [1.29, 1.82) is 0 Å². The van der Waals surface area contributed by atoms with Gasteiger partial charge < -0.3 is 4.74 Å². The van der Waals surface area contributed by atoms with Crippen molar-refractivity contribution in [1.82, 2.24) is 0 Å². The van der Waals surface area contributed by atoms with Gasteiger partial charge in [-0.05, 0) is 104 Å². The van der Waals surface area contributed by atoms with Crippen LogP contribution in [0.3, 0.4) is 0 Å². The Kier molecular flexibility index (Phi) is 8.25. The van der Waals surface area contributed by atoms with Gasteiger partial charge in [-0.2, -0.15) is 0 Å². The van der Waals surface area contributed by atoms with Crippen LogP contribution in [-0.4, -0.2) is 13.2 Å². The molecule has 0 heterocycles. The van der Waals surface area contributed by atoms with Crippen LogP contribution in [0.1, 0.15) is 101 Å². The molecule has 0 N–H and O–H groups in total. The van der Waals surface area contributed by atoms with E-state index in [9.17, 15) is 0 Å². The minimum Gasteiger partial charge on any atom is -0.381 e. The first-order valence-corrected chi connectivity index (χ1v) is 13.0. The molecule has 0 spiro atoms. The Morgan fingerprint density at radius 1 is 0.613 bits per heavy atom. The Hall–Kier alpha value is -1.60. The molecular weight excluding hydrogens is 376 g/mol. The van der Waals surface area contributed by atoms with E-state index in [0.29, 0.717) is 0 Å². The third-order valence-corrected chi connectivity index (χ3v) is 8.05. The highest BCUT2D eigenvalue weighted by Crippen LogP contribution is 2.39. The van der Waals surface area contributed by atoms with Gasteiger partial charge in [0, 0.05) is 13.2 Å². The summed E-state index contributed by atoms with van der Waals surface area (Å²) in [5, 5.41) is 0. The van der Waals surface area contributed by atoms with E-state index >= 15 is 0 Å². The molecular formula is C30H42O. The number of hydrogen-bond acceptors (Lipinski definition) is 1. The van der Waals surface area contributed by atoms with Crippen LogP contribution in [0.2, 0.25) is 0 Å². The van der Waals surface area contributed by atoms with Gasteiger partial charge in [-0.1, -0.05) is 68.3 Å². The fourth-order valence-corrected chi connectivity index (χ4v) is 6.04. The number of benzene rings is 2. The van der Waals surface area contributed by atoms with Gasteiger partial charge in [0.2, 0.25) is 0 Å². The van der Waals surface area contributed by atoms with Gasteiger partial charge in [-0.3, -0.25) is 0 Å². The first-order valence-electron chi connectivity index (χ1n) is 13.0. The van der Waals surface area contributed by atoms with E-state index in [1.54, 1.807) is 5.56 Å². The summed E-state index contributed by atoms with van der Waals surface area (Å²) in [4.78, 5) is 0. The van der Waals surface area contributed by atoms with Gasteiger partial charge in [0.15, 0.2) is 0 Å². The third-order valence-electron chi connectivity index (χ3n) is 8.05. The quantitative estimate of drug-likeness (QED) is 0.416. The topological polar surface area (TPSA) is 9.23 Å². The molecule has 31 heavy (non-hydrogen) atoms. The summed E-state index contributed by atoms with van der Waals surface area (Å²) in [6.07, 6.45) is 13.6. The third kappa shape index (κ3) is 6.01. The zero-order valence-corrected chi connectivity index (χ0v) is 19.8. The number of hydrogen-bond donors (Lipinski definition) is 0. The summed E-state index contributed by atoms with van der Waals surface area (Å²) in [5.41, 5.74) is 5.79.